The third-order valence-corrected chi connectivity index (χ3v) is 3.37. The minimum atomic E-state index is -1.01. The van der Waals surface area contributed by atoms with Gasteiger partial charge in [0.25, 0.3) is 0 Å². The Hall–Kier alpha value is -1.86. The standard InChI is InChI=1S/C13H18N2O5/c1-9-6-11(16)13(19)10(15(9)8-12(17)18)7-14-2-4-20-5-3-14/h6,19H,2-5,7-8H2,1H3,(H,17,18). The molecule has 0 atom stereocenters. The Morgan fingerprint density at radius 3 is 2.65 bits per heavy atom. The second kappa shape index (κ2) is 6.06. The first-order valence-electron chi connectivity index (χ1n) is 6.43. The number of hydrogen-bond acceptors (Lipinski definition) is 5. The molecule has 0 aliphatic carbocycles. The first kappa shape index (κ1) is 14.5. The van der Waals surface area contributed by atoms with Crippen molar-refractivity contribution >= 4 is 5.97 Å². The quantitative estimate of drug-likeness (QED) is 0.793. The van der Waals surface area contributed by atoms with E-state index in [1.807, 2.05) is 4.90 Å². The lowest BCUT2D eigenvalue weighted by molar-refractivity contribution is -0.137. The SMILES string of the molecule is Cc1cc(=O)c(O)c(CN2CCOCC2)n1CC(=O)O. The van der Waals surface area contributed by atoms with Crippen LogP contribution in [0, 0.1) is 6.92 Å². The maximum atomic E-state index is 11.7. The number of aryl methyl sites for hydroxylation is 1. The molecule has 0 spiro atoms. The molecule has 1 aromatic rings. The summed E-state index contributed by atoms with van der Waals surface area (Å²) in [5, 5.41) is 18.9. The average Bonchev–Trinajstić information content (AvgIpc) is 2.41. The van der Waals surface area contributed by atoms with Gasteiger partial charge in [0.2, 0.25) is 5.43 Å². The molecule has 0 unspecified atom stereocenters. The molecule has 0 aromatic carbocycles. The Morgan fingerprint density at radius 1 is 1.40 bits per heavy atom. The highest BCUT2D eigenvalue weighted by molar-refractivity contribution is 5.67. The zero-order valence-electron chi connectivity index (χ0n) is 11.3. The molecule has 1 fully saturated rings. The van der Waals surface area contributed by atoms with Gasteiger partial charge in [0.1, 0.15) is 6.54 Å². The molecular weight excluding hydrogens is 264 g/mol. The number of aromatic hydroxyl groups is 1. The van der Waals surface area contributed by atoms with E-state index in [4.69, 9.17) is 9.84 Å². The van der Waals surface area contributed by atoms with Crippen LogP contribution >= 0.6 is 0 Å². The van der Waals surface area contributed by atoms with Crippen LogP contribution in [0.4, 0.5) is 0 Å². The Balaban J connectivity index is 2.36. The number of carboxylic acid groups (broad SMARTS) is 1. The van der Waals surface area contributed by atoms with E-state index in [0.717, 1.165) is 0 Å². The Morgan fingerprint density at radius 2 is 2.05 bits per heavy atom. The second-order valence-electron chi connectivity index (χ2n) is 4.81. The molecule has 7 heteroatoms. The first-order valence-corrected chi connectivity index (χ1v) is 6.43. The molecule has 0 amide bonds. The number of hydrogen-bond donors (Lipinski definition) is 2. The Labute approximate surface area is 116 Å². The zero-order valence-corrected chi connectivity index (χ0v) is 11.3. The van der Waals surface area contributed by atoms with Gasteiger partial charge in [0.15, 0.2) is 5.75 Å². The normalized spacial score (nSPS) is 16.2. The summed E-state index contributed by atoms with van der Waals surface area (Å²) < 4.78 is 6.71. The summed E-state index contributed by atoms with van der Waals surface area (Å²) in [6, 6.07) is 1.25. The summed E-state index contributed by atoms with van der Waals surface area (Å²) in [6.45, 7) is 4.28. The maximum absolute atomic E-state index is 11.7. The summed E-state index contributed by atoms with van der Waals surface area (Å²) in [5.41, 5.74) is 0.394. The molecule has 1 aliphatic rings. The fourth-order valence-corrected chi connectivity index (χ4v) is 2.31. The third kappa shape index (κ3) is 3.17. The van der Waals surface area contributed by atoms with Crippen LogP contribution in [0.25, 0.3) is 0 Å². The largest absolute Gasteiger partial charge is 0.503 e. The van der Waals surface area contributed by atoms with Crippen LogP contribution in [0.2, 0.25) is 0 Å². The molecule has 0 bridgehead atoms. The van der Waals surface area contributed by atoms with Gasteiger partial charge in [-0.3, -0.25) is 14.5 Å². The van der Waals surface area contributed by atoms with Crippen LogP contribution in [0.3, 0.4) is 0 Å². The minimum Gasteiger partial charge on any atom is -0.503 e. The predicted octanol–water partition coefficient (Wildman–Crippen LogP) is -0.221. The van der Waals surface area contributed by atoms with Gasteiger partial charge in [-0.1, -0.05) is 0 Å². The molecule has 7 nitrogen and oxygen atoms in total. The number of morpholine rings is 1. The highest BCUT2D eigenvalue weighted by Gasteiger charge is 2.19. The lowest BCUT2D eigenvalue weighted by Crippen LogP contribution is -2.37. The summed E-state index contributed by atoms with van der Waals surface area (Å²) in [4.78, 5) is 24.7. The van der Waals surface area contributed by atoms with Crippen LogP contribution in [0.15, 0.2) is 10.9 Å². The molecule has 110 valence electrons. The van der Waals surface area contributed by atoms with Crippen LogP contribution in [0.1, 0.15) is 11.4 Å². The van der Waals surface area contributed by atoms with E-state index in [2.05, 4.69) is 0 Å². The molecule has 2 N–H and O–H groups in total. The van der Waals surface area contributed by atoms with Crippen molar-refractivity contribution in [2.45, 2.75) is 20.0 Å². The summed E-state index contributed by atoms with van der Waals surface area (Å²) in [5.74, 6) is -1.39. The zero-order chi connectivity index (χ0) is 14.7. The predicted molar refractivity (Wildman–Crippen MR) is 70.8 cm³/mol. The molecule has 0 saturated carbocycles. The molecule has 1 saturated heterocycles. The van der Waals surface area contributed by atoms with Gasteiger partial charge in [-0.15, -0.1) is 0 Å². The Bertz CT molecular complexity index is 561. The van der Waals surface area contributed by atoms with E-state index >= 15 is 0 Å². The number of aromatic nitrogens is 1. The third-order valence-electron chi connectivity index (χ3n) is 3.37. The van der Waals surface area contributed by atoms with Crippen LogP contribution in [-0.4, -0.2) is 52.0 Å². The first-order chi connectivity index (χ1) is 9.49. The maximum Gasteiger partial charge on any atom is 0.323 e. The van der Waals surface area contributed by atoms with Crippen molar-refractivity contribution in [1.29, 1.82) is 0 Å². The van der Waals surface area contributed by atoms with Gasteiger partial charge >= 0.3 is 5.97 Å². The Kier molecular flexibility index (Phi) is 4.41. The number of rotatable bonds is 4. The van der Waals surface area contributed by atoms with Crippen LogP contribution in [0.5, 0.6) is 5.75 Å². The van der Waals surface area contributed by atoms with Gasteiger partial charge < -0.3 is 19.5 Å². The van der Waals surface area contributed by atoms with Crippen molar-refractivity contribution in [3.8, 4) is 5.75 Å². The van der Waals surface area contributed by atoms with Crippen LogP contribution < -0.4 is 5.43 Å². The van der Waals surface area contributed by atoms with Crippen molar-refractivity contribution in [3.63, 3.8) is 0 Å². The number of pyridine rings is 1. The monoisotopic (exact) mass is 282 g/mol. The highest BCUT2D eigenvalue weighted by Crippen LogP contribution is 2.17. The highest BCUT2D eigenvalue weighted by atomic mass is 16.5. The smallest absolute Gasteiger partial charge is 0.323 e. The summed E-state index contributed by atoms with van der Waals surface area (Å²) in [7, 11) is 0. The van der Waals surface area contributed by atoms with E-state index < -0.39 is 11.4 Å². The van der Waals surface area contributed by atoms with Crippen molar-refractivity contribution in [2.75, 3.05) is 26.3 Å². The van der Waals surface area contributed by atoms with Gasteiger partial charge in [0.05, 0.1) is 18.9 Å². The lowest BCUT2D eigenvalue weighted by atomic mass is 10.2. The number of ether oxygens (including phenoxy) is 1. The van der Waals surface area contributed by atoms with E-state index in [-0.39, 0.29) is 12.3 Å². The topological polar surface area (TPSA) is 92.0 Å². The summed E-state index contributed by atoms with van der Waals surface area (Å²) in [6.07, 6.45) is 0. The minimum absolute atomic E-state index is 0.278. The molecule has 1 aliphatic heterocycles. The van der Waals surface area contributed by atoms with E-state index in [9.17, 15) is 14.7 Å². The fourth-order valence-electron chi connectivity index (χ4n) is 2.31. The number of aliphatic carboxylic acids is 1. The average molecular weight is 282 g/mol. The fraction of sp³-hybridized carbons (Fsp3) is 0.538. The van der Waals surface area contributed by atoms with Gasteiger partial charge in [-0.05, 0) is 6.92 Å². The lowest BCUT2D eigenvalue weighted by Gasteiger charge is -2.28. The second-order valence-corrected chi connectivity index (χ2v) is 4.81. The van der Waals surface area contributed by atoms with Crippen molar-refractivity contribution < 1.29 is 19.7 Å². The number of carboxylic acids is 1. The molecular formula is C13H18N2O5. The molecule has 0 radical (unpaired) electrons. The van der Waals surface area contributed by atoms with Crippen molar-refractivity contribution in [3.05, 3.63) is 27.7 Å². The summed E-state index contributed by atoms with van der Waals surface area (Å²) >= 11 is 0. The van der Waals surface area contributed by atoms with E-state index in [1.54, 1.807) is 6.92 Å². The number of nitrogens with zero attached hydrogens (tertiary/aromatic N) is 2. The van der Waals surface area contributed by atoms with Crippen molar-refractivity contribution in [2.24, 2.45) is 0 Å². The van der Waals surface area contributed by atoms with Gasteiger partial charge in [-0.25, -0.2) is 0 Å². The number of carbonyl (C=O) groups is 1. The molecule has 1 aromatic heterocycles. The van der Waals surface area contributed by atoms with E-state index in [1.165, 1.54) is 10.6 Å². The van der Waals surface area contributed by atoms with Gasteiger partial charge in [-0.2, -0.15) is 0 Å². The molecule has 2 rings (SSSR count). The van der Waals surface area contributed by atoms with Crippen molar-refractivity contribution in [1.82, 2.24) is 9.47 Å². The van der Waals surface area contributed by atoms with Crippen LogP contribution in [-0.2, 0) is 22.6 Å². The molecule has 2 heterocycles. The van der Waals surface area contributed by atoms with E-state index in [0.29, 0.717) is 44.2 Å². The van der Waals surface area contributed by atoms with Gasteiger partial charge in [0, 0.05) is 31.4 Å². The molecule has 20 heavy (non-hydrogen) atoms.